The number of rotatable bonds is 2. The van der Waals surface area contributed by atoms with E-state index < -0.39 is 34.6 Å². The van der Waals surface area contributed by atoms with Crippen molar-refractivity contribution >= 4 is 11.4 Å². The molecule has 0 spiro atoms. The predicted octanol–water partition coefficient (Wildman–Crippen LogP) is 2.65. The molecule has 0 saturated heterocycles. The molecular weight excluding hydrogens is 212 g/mol. The lowest BCUT2D eigenvalue weighted by molar-refractivity contribution is 0.463. The summed E-state index contributed by atoms with van der Waals surface area (Å²) < 4.78 is 52.2. The summed E-state index contributed by atoms with van der Waals surface area (Å²) in [5.41, 5.74) is 2.83. The number of anilines is 2. The molecule has 0 aliphatic heterocycles. The molecular formula is C9H10F4N2. The summed E-state index contributed by atoms with van der Waals surface area (Å²) in [4.78, 5) is 0. The maximum Gasteiger partial charge on any atom is 0.187 e. The molecule has 2 nitrogen and oxygen atoms in total. The van der Waals surface area contributed by atoms with Gasteiger partial charge in [0.05, 0.1) is 0 Å². The molecule has 0 aliphatic rings. The molecule has 0 unspecified atom stereocenters. The van der Waals surface area contributed by atoms with Gasteiger partial charge in [-0.15, -0.1) is 0 Å². The van der Waals surface area contributed by atoms with Crippen LogP contribution >= 0.6 is 0 Å². The lowest BCUT2D eigenvalue weighted by Crippen LogP contribution is -2.15. The van der Waals surface area contributed by atoms with Crippen molar-refractivity contribution < 1.29 is 17.6 Å². The highest BCUT2D eigenvalue weighted by Gasteiger charge is 2.23. The van der Waals surface area contributed by atoms with Crippen molar-refractivity contribution in [3.8, 4) is 0 Å². The van der Waals surface area contributed by atoms with Crippen molar-refractivity contribution in [2.45, 2.75) is 19.9 Å². The van der Waals surface area contributed by atoms with Crippen molar-refractivity contribution in [1.82, 2.24) is 0 Å². The van der Waals surface area contributed by atoms with Crippen LogP contribution in [-0.4, -0.2) is 6.04 Å². The molecule has 3 N–H and O–H groups in total. The van der Waals surface area contributed by atoms with Gasteiger partial charge in [0.1, 0.15) is 11.4 Å². The minimum absolute atomic E-state index is 0.364. The molecule has 0 amide bonds. The third-order valence-electron chi connectivity index (χ3n) is 1.73. The Bertz CT molecular complexity index is 361. The summed E-state index contributed by atoms with van der Waals surface area (Å²) in [6.07, 6.45) is 0. The standard InChI is InChI=1S/C9H10F4N2/c1-3(2)15-9-6(12)4(10)8(14)5(11)7(9)13/h3,15H,14H2,1-2H3. The van der Waals surface area contributed by atoms with E-state index in [1.807, 2.05) is 0 Å². The summed E-state index contributed by atoms with van der Waals surface area (Å²) in [6.45, 7) is 3.15. The summed E-state index contributed by atoms with van der Waals surface area (Å²) in [5.74, 6) is -6.20. The fourth-order valence-corrected chi connectivity index (χ4v) is 1.06. The van der Waals surface area contributed by atoms with Gasteiger partial charge in [-0.2, -0.15) is 0 Å². The normalized spacial score (nSPS) is 10.9. The van der Waals surface area contributed by atoms with Crippen molar-refractivity contribution in [2.75, 3.05) is 11.1 Å². The fraction of sp³-hybridized carbons (Fsp3) is 0.333. The highest BCUT2D eigenvalue weighted by Crippen LogP contribution is 2.29. The van der Waals surface area contributed by atoms with E-state index in [9.17, 15) is 17.6 Å². The zero-order valence-electron chi connectivity index (χ0n) is 8.17. The largest absolute Gasteiger partial charge is 0.394 e. The quantitative estimate of drug-likeness (QED) is 0.458. The Hall–Kier alpha value is -1.46. The van der Waals surface area contributed by atoms with Crippen LogP contribution in [0.2, 0.25) is 0 Å². The van der Waals surface area contributed by atoms with Crippen LogP contribution in [-0.2, 0) is 0 Å². The van der Waals surface area contributed by atoms with E-state index in [0.717, 1.165) is 0 Å². The SMILES string of the molecule is CC(C)Nc1c(F)c(F)c(N)c(F)c1F. The van der Waals surface area contributed by atoms with Crippen LogP contribution in [0.1, 0.15) is 13.8 Å². The molecule has 0 radical (unpaired) electrons. The van der Waals surface area contributed by atoms with Crippen LogP contribution in [0.4, 0.5) is 28.9 Å². The van der Waals surface area contributed by atoms with Crippen LogP contribution in [0.25, 0.3) is 0 Å². The van der Waals surface area contributed by atoms with Gasteiger partial charge in [-0.25, -0.2) is 17.6 Å². The first-order chi connectivity index (χ1) is 6.86. The van der Waals surface area contributed by atoms with Crippen LogP contribution in [0, 0.1) is 23.3 Å². The van der Waals surface area contributed by atoms with E-state index >= 15 is 0 Å². The Morgan fingerprint density at radius 3 is 1.67 bits per heavy atom. The minimum atomic E-state index is -1.59. The second-order valence-corrected chi connectivity index (χ2v) is 3.34. The number of halogens is 4. The van der Waals surface area contributed by atoms with Gasteiger partial charge in [0, 0.05) is 6.04 Å². The first kappa shape index (κ1) is 11.6. The zero-order chi connectivity index (χ0) is 11.7. The average Bonchev–Trinajstić information content (AvgIpc) is 2.18. The monoisotopic (exact) mass is 222 g/mol. The number of hydrogen-bond donors (Lipinski definition) is 2. The molecule has 84 valence electrons. The van der Waals surface area contributed by atoms with Gasteiger partial charge in [-0.05, 0) is 13.8 Å². The molecule has 0 fully saturated rings. The topological polar surface area (TPSA) is 38.0 Å². The molecule has 0 saturated carbocycles. The van der Waals surface area contributed by atoms with Gasteiger partial charge in [-0.3, -0.25) is 0 Å². The van der Waals surface area contributed by atoms with Crippen molar-refractivity contribution in [3.63, 3.8) is 0 Å². The second kappa shape index (κ2) is 3.96. The molecule has 1 aromatic carbocycles. The van der Waals surface area contributed by atoms with E-state index in [-0.39, 0.29) is 6.04 Å². The van der Waals surface area contributed by atoms with Gasteiger partial charge in [0.2, 0.25) is 0 Å². The second-order valence-electron chi connectivity index (χ2n) is 3.34. The highest BCUT2D eigenvalue weighted by molar-refractivity contribution is 5.56. The Morgan fingerprint density at radius 2 is 1.33 bits per heavy atom. The van der Waals surface area contributed by atoms with Gasteiger partial charge >= 0.3 is 0 Å². The van der Waals surface area contributed by atoms with Crippen molar-refractivity contribution in [2.24, 2.45) is 0 Å². The number of nitrogens with two attached hydrogens (primary N) is 1. The summed E-state index contributed by atoms with van der Waals surface area (Å²) in [6, 6.07) is -0.364. The van der Waals surface area contributed by atoms with Crippen molar-refractivity contribution in [1.29, 1.82) is 0 Å². The smallest absolute Gasteiger partial charge is 0.187 e. The summed E-state index contributed by atoms with van der Waals surface area (Å²) in [5, 5.41) is 2.26. The Balaban J connectivity index is 3.39. The van der Waals surface area contributed by atoms with Crippen LogP contribution in [0.5, 0.6) is 0 Å². The lowest BCUT2D eigenvalue weighted by Gasteiger charge is -2.13. The Kier molecular flexibility index (Phi) is 3.06. The predicted molar refractivity (Wildman–Crippen MR) is 49.4 cm³/mol. The van der Waals surface area contributed by atoms with Gasteiger partial charge in [0.15, 0.2) is 23.3 Å². The van der Waals surface area contributed by atoms with E-state index in [4.69, 9.17) is 5.73 Å². The molecule has 6 heteroatoms. The highest BCUT2D eigenvalue weighted by atomic mass is 19.2. The third kappa shape index (κ3) is 1.98. The number of hydrogen-bond acceptors (Lipinski definition) is 2. The third-order valence-corrected chi connectivity index (χ3v) is 1.73. The fourth-order valence-electron chi connectivity index (χ4n) is 1.06. The van der Waals surface area contributed by atoms with Crippen LogP contribution < -0.4 is 11.1 Å². The average molecular weight is 222 g/mol. The molecule has 15 heavy (non-hydrogen) atoms. The van der Waals surface area contributed by atoms with Gasteiger partial charge in [-0.1, -0.05) is 0 Å². The molecule has 0 heterocycles. The lowest BCUT2D eigenvalue weighted by atomic mass is 10.2. The Morgan fingerprint density at radius 1 is 0.933 bits per heavy atom. The number of benzene rings is 1. The van der Waals surface area contributed by atoms with Crippen LogP contribution in [0.15, 0.2) is 0 Å². The first-order valence-electron chi connectivity index (χ1n) is 4.24. The van der Waals surface area contributed by atoms with E-state index in [1.165, 1.54) is 0 Å². The maximum absolute atomic E-state index is 13.1. The molecule has 1 rings (SSSR count). The maximum atomic E-state index is 13.1. The summed E-state index contributed by atoms with van der Waals surface area (Å²) >= 11 is 0. The number of nitrogen functional groups attached to an aromatic ring is 1. The zero-order valence-corrected chi connectivity index (χ0v) is 8.17. The minimum Gasteiger partial charge on any atom is -0.394 e. The molecule has 0 aliphatic carbocycles. The molecule has 1 aromatic rings. The number of nitrogens with one attached hydrogen (secondary N) is 1. The molecule has 0 bridgehead atoms. The van der Waals surface area contributed by atoms with Gasteiger partial charge < -0.3 is 11.1 Å². The van der Waals surface area contributed by atoms with E-state index in [1.54, 1.807) is 13.8 Å². The molecule has 0 atom stereocenters. The van der Waals surface area contributed by atoms with E-state index in [2.05, 4.69) is 5.32 Å². The first-order valence-corrected chi connectivity index (χ1v) is 4.24. The Labute approximate surface area is 84.1 Å². The van der Waals surface area contributed by atoms with E-state index in [0.29, 0.717) is 0 Å². The van der Waals surface area contributed by atoms with Gasteiger partial charge in [0.25, 0.3) is 0 Å². The van der Waals surface area contributed by atoms with Crippen molar-refractivity contribution in [3.05, 3.63) is 23.3 Å². The molecule has 0 aromatic heterocycles. The van der Waals surface area contributed by atoms with Crippen LogP contribution in [0.3, 0.4) is 0 Å². The summed E-state index contributed by atoms with van der Waals surface area (Å²) in [7, 11) is 0.